The van der Waals surface area contributed by atoms with Gasteiger partial charge < -0.3 is 14.5 Å². The Hall–Kier alpha value is -1.40. The molecule has 0 spiro atoms. The third-order valence-corrected chi connectivity index (χ3v) is 5.47. The Morgan fingerprint density at radius 3 is 2.25 bits per heavy atom. The molecular weight excluding hydrogens is 348 g/mol. The second kappa shape index (κ2) is 9.18. The summed E-state index contributed by atoms with van der Waals surface area (Å²) in [4.78, 5) is 29.0. The molecule has 24 heavy (non-hydrogen) atoms. The molecule has 7 heteroatoms. The molecule has 0 unspecified atom stereocenters. The fourth-order valence-corrected chi connectivity index (χ4v) is 3.68. The molecular formula is C17H23ClN2O3S. The number of hydrogen-bond acceptors (Lipinski definition) is 4. The topological polar surface area (TPSA) is 49.9 Å². The molecule has 5 nitrogen and oxygen atoms in total. The standard InChI is InChI=1S/C17H23ClN2O3S/c1-3-15(24-14-7-5-13(18)6-8-14)16(21)19-9-11-20(12-10-19)17(22)23-4-2/h5-8,15H,3-4,9-12H2,1-2H3/t15-/m0/s1. The van der Waals surface area contributed by atoms with Gasteiger partial charge in [0.25, 0.3) is 0 Å². The molecule has 1 aliphatic heterocycles. The fourth-order valence-electron chi connectivity index (χ4n) is 2.51. The van der Waals surface area contributed by atoms with E-state index in [2.05, 4.69) is 0 Å². The first-order valence-electron chi connectivity index (χ1n) is 8.17. The molecule has 0 aromatic heterocycles. The minimum atomic E-state index is -0.299. The zero-order valence-electron chi connectivity index (χ0n) is 14.0. The second-order valence-electron chi connectivity index (χ2n) is 5.48. The van der Waals surface area contributed by atoms with Crippen LogP contribution in [0.3, 0.4) is 0 Å². The number of benzene rings is 1. The van der Waals surface area contributed by atoms with Gasteiger partial charge in [-0.2, -0.15) is 0 Å². The fraction of sp³-hybridized carbons (Fsp3) is 0.529. The van der Waals surface area contributed by atoms with E-state index >= 15 is 0 Å². The first-order chi connectivity index (χ1) is 11.5. The molecule has 2 rings (SSSR count). The normalized spacial score (nSPS) is 16.0. The molecule has 1 aromatic rings. The lowest BCUT2D eigenvalue weighted by atomic mass is 10.2. The second-order valence-corrected chi connectivity index (χ2v) is 7.19. The van der Waals surface area contributed by atoms with Gasteiger partial charge in [0.1, 0.15) is 0 Å². The van der Waals surface area contributed by atoms with Gasteiger partial charge in [0.15, 0.2) is 0 Å². The van der Waals surface area contributed by atoms with Crippen molar-refractivity contribution in [2.75, 3.05) is 32.8 Å². The predicted octanol–water partition coefficient (Wildman–Crippen LogP) is 3.51. The molecule has 132 valence electrons. The highest BCUT2D eigenvalue weighted by Crippen LogP contribution is 2.28. The van der Waals surface area contributed by atoms with E-state index in [-0.39, 0.29) is 17.3 Å². The molecule has 1 aliphatic rings. The maximum absolute atomic E-state index is 12.7. The van der Waals surface area contributed by atoms with Gasteiger partial charge in [-0.1, -0.05) is 18.5 Å². The van der Waals surface area contributed by atoms with Crippen LogP contribution in [-0.4, -0.2) is 59.8 Å². The molecule has 1 aromatic carbocycles. The van der Waals surface area contributed by atoms with Gasteiger partial charge in [-0.3, -0.25) is 4.79 Å². The van der Waals surface area contributed by atoms with E-state index in [9.17, 15) is 9.59 Å². The average molecular weight is 371 g/mol. The van der Waals surface area contributed by atoms with Crippen LogP contribution in [0, 0.1) is 0 Å². The number of piperazine rings is 1. The van der Waals surface area contributed by atoms with E-state index in [4.69, 9.17) is 16.3 Å². The van der Waals surface area contributed by atoms with Crippen molar-refractivity contribution < 1.29 is 14.3 Å². The molecule has 0 N–H and O–H groups in total. The van der Waals surface area contributed by atoms with Crippen molar-refractivity contribution in [3.05, 3.63) is 29.3 Å². The number of rotatable bonds is 5. The Morgan fingerprint density at radius 1 is 1.12 bits per heavy atom. The van der Waals surface area contributed by atoms with Crippen LogP contribution in [0.5, 0.6) is 0 Å². The van der Waals surface area contributed by atoms with Crippen LogP contribution in [0.25, 0.3) is 0 Å². The van der Waals surface area contributed by atoms with Crippen LogP contribution in [0.4, 0.5) is 4.79 Å². The van der Waals surface area contributed by atoms with Crippen LogP contribution in [-0.2, 0) is 9.53 Å². The lowest BCUT2D eigenvalue weighted by Gasteiger charge is -2.35. The first-order valence-corrected chi connectivity index (χ1v) is 9.43. The maximum atomic E-state index is 12.7. The summed E-state index contributed by atoms with van der Waals surface area (Å²) in [5, 5.41) is 0.564. The summed E-state index contributed by atoms with van der Waals surface area (Å²) < 4.78 is 5.00. The molecule has 0 aliphatic carbocycles. The highest BCUT2D eigenvalue weighted by atomic mass is 35.5. The Labute approximate surface area is 152 Å². The number of nitrogens with zero attached hydrogens (tertiary/aromatic N) is 2. The van der Waals surface area contributed by atoms with Crippen molar-refractivity contribution in [3.63, 3.8) is 0 Å². The summed E-state index contributed by atoms with van der Waals surface area (Å²) in [6.45, 7) is 6.31. The van der Waals surface area contributed by atoms with Crippen LogP contribution >= 0.6 is 23.4 Å². The largest absolute Gasteiger partial charge is 0.450 e. The molecule has 2 amide bonds. The summed E-state index contributed by atoms with van der Waals surface area (Å²) in [5.41, 5.74) is 0. The number of carbonyl (C=O) groups excluding carboxylic acids is 2. The molecule has 0 bridgehead atoms. The zero-order valence-corrected chi connectivity index (χ0v) is 15.6. The van der Waals surface area contributed by atoms with Crippen molar-refractivity contribution in [1.29, 1.82) is 0 Å². The highest BCUT2D eigenvalue weighted by molar-refractivity contribution is 8.00. The SMILES string of the molecule is CCOC(=O)N1CCN(C(=O)[C@H](CC)Sc2ccc(Cl)cc2)CC1. The van der Waals surface area contributed by atoms with Crippen molar-refractivity contribution in [2.24, 2.45) is 0 Å². The van der Waals surface area contributed by atoms with E-state index in [1.165, 1.54) is 0 Å². The number of amides is 2. The molecule has 1 saturated heterocycles. The van der Waals surface area contributed by atoms with Gasteiger partial charge >= 0.3 is 6.09 Å². The third-order valence-electron chi connectivity index (χ3n) is 3.86. The van der Waals surface area contributed by atoms with Gasteiger partial charge in [-0.15, -0.1) is 11.8 Å². The Kier molecular flexibility index (Phi) is 7.24. The van der Waals surface area contributed by atoms with Crippen molar-refractivity contribution in [3.8, 4) is 0 Å². The van der Waals surface area contributed by atoms with Crippen LogP contribution in [0.15, 0.2) is 29.2 Å². The number of ether oxygens (including phenoxy) is 1. The maximum Gasteiger partial charge on any atom is 0.409 e. The van der Waals surface area contributed by atoms with Crippen LogP contribution in [0.1, 0.15) is 20.3 Å². The van der Waals surface area contributed by atoms with E-state index < -0.39 is 0 Å². The zero-order chi connectivity index (χ0) is 17.5. The molecule has 0 saturated carbocycles. The lowest BCUT2D eigenvalue weighted by molar-refractivity contribution is -0.132. The van der Waals surface area contributed by atoms with E-state index in [0.29, 0.717) is 37.8 Å². The van der Waals surface area contributed by atoms with Gasteiger partial charge in [-0.05, 0) is 37.6 Å². The molecule has 1 atom stereocenters. The van der Waals surface area contributed by atoms with Crippen molar-refractivity contribution >= 4 is 35.4 Å². The highest BCUT2D eigenvalue weighted by Gasteiger charge is 2.29. The van der Waals surface area contributed by atoms with Crippen LogP contribution < -0.4 is 0 Å². The molecule has 1 fully saturated rings. The van der Waals surface area contributed by atoms with E-state index in [1.54, 1.807) is 23.6 Å². The van der Waals surface area contributed by atoms with Crippen molar-refractivity contribution in [1.82, 2.24) is 9.80 Å². The minimum Gasteiger partial charge on any atom is -0.450 e. The number of carbonyl (C=O) groups is 2. The summed E-state index contributed by atoms with van der Waals surface area (Å²) >= 11 is 7.46. The van der Waals surface area contributed by atoms with Crippen molar-refractivity contribution in [2.45, 2.75) is 30.4 Å². The number of hydrogen-bond donors (Lipinski definition) is 0. The summed E-state index contributed by atoms with van der Waals surface area (Å²) in [7, 11) is 0. The Bertz CT molecular complexity index is 559. The van der Waals surface area contributed by atoms with E-state index in [0.717, 1.165) is 11.3 Å². The van der Waals surface area contributed by atoms with Crippen LogP contribution in [0.2, 0.25) is 5.02 Å². The van der Waals surface area contributed by atoms with Gasteiger partial charge in [0.05, 0.1) is 11.9 Å². The average Bonchev–Trinajstić information content (AvgIpc) is 2.61. The predicted molar refractivity (Wildman–Crippen MR) is 96.6 cm³/mol. The monoisotopic (exact) mass is 370 g/mol. The quantitative estimate of drug-likeness (QED) is 0.744. The Morgan fingerprint density at radius 2 is 1.71 bits per heavy atom. The lowest BCUT2D eigenvalue weighted by Crippen LogP contribution is -2.52. The van der Waals surface area contributed by atoms with Gasteiger partial charge in [0.2, 0.25) is 5.91 Å². The van der Waals surface area contributed by atoms with Gasteiger partial charge in [-0.25, -0.2) is 4.79 Å². The Balaban J connectivity index is 1.90. The summed E-state index contributed by atoms with van der Waals surface area (Å²) in [6, 6.07) is 7.53. The number of halogens is 1. The summed E-state index contributed by atoms with van der Waals surface area (Å²) in [6.07, 6.45) is 0.455. The van der Waals surface area contributed by atoms with Gasteiger partial charge in [0, 0.05) is 36.1 Å². The molecule has 0 radical (unpaired) electrons. The number of thioether (sulfide) groups is 1. The first kappa shape index (κ1) is 18.9. The third kappa shape index (κ3) is 5.05. The molecule has 1 heterocycles. The smallest absolute Gasteiger partial charge is 0.409 e. The minimum absolute atomic E-state index is 0.125. The summed E-state index contributed by atoms with van der Waals surface area (Å²) in [5.74, 6) is 0.126. The van der Waals surface area contributed by atoms with E-state index in [1.807, 2.05) is 36.1 Å².